The number of rotatable bonds is 4. The molecule has 0 spiro atoms. The molecule has 0 heterocycles. The molecule has 0 bridgehead atoms. The summed E-state index contributed by atoms with van der Waals surface area (Å²) < 4.78 is 18.3. The number of methoxy groups -OCH3 is 1. The third-order valence-corrected chi connectivity index (χ3v) is 3.53. The van der Waals surface area contributed by atoms with E-state index in [1.807, 2.05) is 13.0 Å². The molecule has 0 saturated heterocycles. The quantitative estimate of drug-likeness (QED) is 0.825. The maximum atomic E-state index is 13.2. The second-order valence-electron chi connectivity index (χ2n) is 4.38. The molecule has 20 heavy (non-hydrogen) atoms. The van der Waals surface area contributed by atoms with Crippen molar-refractivity contribution in [1.82, 2.24) is 0 Å². The zero-order chi connectivity index (χ0) is 14.7. The van der Waals surface area contributed by atoms with E-state index in [2.05, 4.69) is 5.32 Å². The molecule has 0 aromatic heterocycles. The molecule has 0 amide bonds. The molecule has 106 valence electrons. The van der Waals surface area contributed by atoms with Crippen molar-refractivity contribution in [2.24, 2.45) is 0 Å². The van der Waals surface area contributed by atoms with E-state index in [0.29, 0.717) is 21.5 Å². The van der Waals surface area contributed by atoms with Crippen LogP contribution in [0.25, 0.3) is 0 Å². The lowest BCUT2D eigenvalue weighted by Crippen LogP contribution is -2.08. The van der Waals surface area contributed by atoms with Crippen molar-refractivity contribution in [3.63, 3.8) is 0 Å². The van der Waals surface area contributed by atoms with Gasteiger partial charge >= 0.3 is 0 Å². The Morgan fingerprint density at radius 2 is 1.90 bits per heavy atom. The lowest BCUT2D eigenvalue weighted by atomic mass is 10.1. The van der Waals surface area contributed by atoms with Gasteiger partial charge < -0.3 is 10.1 Å². The first-order chi connectivity index (χ1) is 9.51. The Morgan fingerprint density at radius 3 is 2.55 bits per heavy atom. The van der Waals surface area contributed by atoms with Crippen LogP contribution in [0.5, 0.6) is 5.75 Å². The van der Waals surface area contributed by atoms with E-state index in [4.69, 9.17) is 27.9 Å². The minimum atomic E-state index is -0.343. The summed E-state index contributed by atoms with van der Waals surface area (Å²) in [7, 11) is 1.50. The van der Waals surface area contributed by atoms with E-state index in [0.717, 1.165) is 5.56 Å². The van der Waals surface area contributed by atoms with E-state index in [1.165, 1.54) is 19.2 Å². The summed E-state index contributed by atoms with van der Waals surface area (Å²) in [5, 5.41) is 4.42. The molecular formula is C15H14Cl2FNO. The average Bonchev–Trinajstić information content (AvgIpc) is 2.40. The number of nitrogens with one attached hydrogen (secondary N) is 1. The highest BCUT2D eigenvalue weighted by Crippen LogP contribution is 2.32. The monoisotopic (exact) mass is 313 g/mol. The van der Waals surface area contributed by atoms with Gasteiger partial charge in [-0.15, -0.1) is 0 Å². The van der Waals surface area contributed by atoms with Crippen molar-refractivity contribution in [1.29, 1.82) is 0 Å². The van der Waals surface area contributed by atoms with Crippen LogP contribution >= 0.6 is 23.2 Å². The van der Waals surface area contributed by atoms with Crippen LogP contribution < -0.4 is 10.1 Å². The fourth-order valence-corrected chi connectivity index (χ4v) is 2.52. The van der Waals surface area contributed by atoms with Gasteiger partial charge in [-0.25, -0.2) is 4.39 Å². The molecule has 0 radical (unpaired) electrons. The Morgan fingerprint density at radius 1 is 1.15 bits per heavy atom. The van der Waals surface area contributed by atoms with Gasteiger partial charge in [-0.2, -0.15) is 0 Å². The van der Waals surface area contributed by atoms with Gasteiger partial charge in [0.15, 0.2) is 0 Å². The Labute approximate surface area is 127 Å². The number of hydrogen-bond donors (Lipinski definition) is 1. The molecule has 0 saturated carbocycles. The van der Waals surface area contributed by atoms with Gasteiger partial charge in [0.25, 0.3) is 0 Å². The molecular weight excluding hydrogens is 300 g/mol. The Balaban J connectivity index is 2.25. The predicted molar refractivity (Wildman–Crippen MR) is 81.5 cm³/mol. The third kappa shape index (κ3) is 3.35. The van der Waals surface area contributed by atoms with Gasteiger partial charge in [-0.05, 0) is 36.8 Å². The second kappa shape index (κ2) is 6.33. The van der Waals surface area contributed by atoms with Gasteiger partial charge in [0.05, 0.1) is 18.8 Å². The average molecular weight is 314 g/mol. The van der Waals surface area contributed by atoms with Crippen molar-refractivity contribution < 1.29 is 9.13 Å². The first-order valence-corrected chi connectivity index (χ1v) is 6.82. The van der Waals surface area contributed by atoms with Crippen LogP contribution in [0.1, 0.15) is 18.5 Å². The zero-order valence-corrected chi connectivity index (χ0v) is 12.6. The molecule has 2 aromatic rings. The van der Waals surface area contributed by atoms with E-state index in [-0.39, 0.29) is 11.9 Å². The maximum Gasteiger partial charge on any atom is 0.144 e. The predicted octanol–water partition coefficient (Wildman–Crippen LogP) is 5.31. The fourth-order valence-electron chi connectivity index (χ4n) is 1.95. The Hall–Kier alpha value is -1.45. The smallest absolute Gasteiger partial charge is 0.144 e. The summed E-state index contributed by atoms with van der Waals surface area (Å²) in [6.45, 7) is 1.96. The first kappa shape index (κ1) is 14.9. The molecule has 5 heteroatoms. The Kier molecular flexibility index (Phi) is 4.73. The van der Waals surface area contributed by atoms with Crippen LogP contribution in [0.3, 0.4) is 0 Å². The highest BCUT2D eigenvalue weighted by atomic mass is 35.5. The summed E-state index contributed by atoms with van der Waals surface area (Å²) in [6.07, 6.45) is 0. The molecule has 0 aliphatic rings. The zero-order valence-electron chi connectivity index (χ0n) is 11.1. The van der Waals surface area contributed by atoms with Crippen LogP contribution in [0, 0.1) is 5.82 Å². The van der Waals surface area contributed by atoms with Gasteiger partial charge in [0.1, 0.15) is 11.6 Å². The van der Waals surface area contributed by atoms with E-state index in [9.17, 15) is 4.39 Å². The van der Waals surface area contributed by atoms with Crippen LogP contribution in [0.15, 0.2) is 36.4 Å². The van der Waals surface area contributed by atoms with E-state index < -0.39 is 0 Å². The summed E-state index contributed by atoms with van der Waals surface area (Å²) in [6, 6.07) is 9.60. The first-order valence-electron chi connectivity index (χ1n) is 6.06. The van der Waals surface area contributed by atoms with Gasteiger partial charge in [-0.3, -0.25) is 0 Å². The van der Waals surface area contributed by atoms with Gasteiger partial charge in [0.2, 0.25) is 0 Å². The van der Waals surface area contributed by atoms with Gasteiger partial charge in [-0.1, -0.05) is 29.3 Å². The number of halogens is 3. The molecule has 2 nitrogen and oxygen atoms in total. The van der Waals surface area contributed by atoms with Crippen LogP contribution in [0.2, 0.25) is 10.0 Å². The Bertz CT molecular complexity index is 619. The summed E-state index contributed by atoms with van der Waals surface area (Å²) >= 11 is 12.1. The normalized spacial score (nSPS) is 12.1. The molecule has 1 atom stereocenters. The van der Waals surface area contributed by atoms with Crippen LogP contribution in [0.4, 0.5) is 10.1 Å². The van der Waals surface area contributed by atoms with Crippen LogP contribution in [-0.2, 0) is 0 Å². The van der Waals surface area contributed by atoms with Crippen LogP contribution in [-0.4, -0.2) is 7.11 Å². The lowest BCUT2D eigenvalue weighted by Gasteiger charge is -2.19. The number of benzene rings is 2. The van der Waals surface area contributed by atoms with Crippen molar-refractivity contribution in [3.8, 4) is 5.75 Å². The molecule has 0 fully saturated rings. The fraction of sp³-hybridized carbons (Fsp3) is 0.200. The molecule has 0 aliphatic carbocycles. The number of anilines is 1. The topological polar surface area (TPSA) is 21.3 Å². The third-order valence-electron chi connectivity index (χ3n) is 2.96. The van der Waals surface area contributed by atoms with Gasteiger partial charge in [0, 0.05) is 16.1 Å². The molecule has 1 N–H and O–H groups in total. The van der Waals surface area contributed by atoms with Crippen molar-refractivity contribution in [2.75, 3.05) is 12.4 Å². The summed E-state index contributed by atoms with van der Waals surface area (Å²) in [5.41, 5.74) is 1.61. The number of hydrogen-bond acceptors (Lipinski definition) is 2. The highest BCUT2D eigenvalue weighted by Gasteiger charge is 2.12. The molecule has 2 aromatic carbocycles. The standard InChI is InChI=1S/C15H14Cl2FNO/c1-9(12-5-3-10(16)7-13(12)17)19-14-6-4-11(18)8-15(14)20-2/h3-9,19H,1-2H3. The van der Waals surface area contributed by atoms with Crippen molar-refractivity contribution >= 4 is 28.9 Å². The molecule has 2 rings (SSSR count). The van der Waals surface area contributed by atoms with Crippen molar-refractivity contribution in [2.45, 2.75) is 13.0 Å². The SMILES string of the molecule is COc1cc(F)ccc1NC(C)c1ccc(Cl)cc1Cl. The lowest BCUT2D eigenvalue weighted by molar-refractivity contribution is 0.412. The van der Waals surface area contributed by atoms with Crippen molar-refractivity contribution in [3.05, 3.63) is 57.8 Å². The molecule has 1 unspecified atom stereocenters. The molecule has 0 aliphatic heterocycles. The summed E-state index contributed by atoms with van der Waals surface area (Å²) in [5.74, 6) is 0.103. The minimum absolute atomic E-state index is 0.0703. The highest BCUT2D eigenvalue weighted by molar-refractivity contribution is 6.35. The van der Waals surface area contributed by atoms with E-state index in [1.54, 1.807) is 18.2 Å². The summed E-state index contributed by atoms with van der Waals surface area (Å²) in [4.78, 5) is 0. The van der Waals surface area contributed by atoms with E-state index >= 15 is 0 Å². The largest absolute Gasteiger partial charge is 0.494 e. The second-order valence-corrected chi connectivity index (χ2v) is 5.22. The minimum Gasteiger partial charge on any atom is -0.494 e. The maximum absolute atomic E-state index is 13.2. The number of ether oxygens (including phenoxy) is 1.